The fourth-order valence-electron chi connectivity index (χ4n) is 5.00. The van der Waals surface area contributed by atoms with Crippen LogP contribution in [0.3, 0.4) is 0 Å². The van der Waals surface area contributed by atoms with Crippen molar-refractivity contribution in [1.82, 2.24) is 19.9 Å². The molecule has 2 fully saturated rings. The molecule has 0 unspecified atom stereocenters. The third kappa shape index (κ3) is 4.55. The van der Waals surface area contributed by atoms with Crippen molar-refractivity contribution >= 4 is 28.4 Å². The number of pyridine rings is 1. The van der Waals surface area contributed by atoms with Crippen molar-refractivity contribution in [3.8, 4) is 11.1 Å². The lowest BCUT2D eigenvalue weighted by Gasteiger charge is -2.29. The van der Waals surface area contributed by atoms with Gasteiger partial charge in [0.15, 0.2) is 0 Å². The predicted octanol–water partition coefficient (Wildman–Crippen LogP) is 4.79. The number of nitrogens with one attached hydrogen (secondary N) is 2. The highest BCUT2D eigenvalue weighted by Gasteiger charge is 2.25. The van der Waals surface area contributed by atoms with Crippen molar-refractivity contribution in [1.29, 1.82) is 0 Å². The lowest BCUT2D eigenvalue weighted by atomic mass is 10.0. The van der Waals surface area contributed by atoms with Gasteiger partial charge < -0.3 is 15.5 Å². The van der Waals surface area contributed by atoms with E-state index in [4.69, 9.17) is 0 Å². The highest BCUT2D eigenvalue weighted by Crippen LogP contribution is 2.41. The molecule has 4 aromatic rings. The van der Waals surface area contributed by atoms with Crippen molar-refractivity contribution in [2.75, 3.05) is 36.4 Å². The molecule has 0 bridgehead atoms. The fraction of sp³-hybridized carbons (Fsp3) is 0.321. The number of aryl methyl sites for hydroxylation is 1. The van der Waals surface area contributed by atoms with Crippen LogP contribution in [0, 0.1) is 11.6 Å². The maximum Gasteiger partial charge on any atom is 0.260 e. The molecule has 7 nitrogen and oxygen atoms in total. The minimum Gasteiger partial charge on any atom is -0.367 e. The quantitative estimate of drug-likeness (QED) is 0.395. The Morgan fingerprint density at radius 3 is 2.54 bits per heavy atom. The van der Waals surface area contributed by atoms with Crippen LogP contribution in [-0.4, -0.2) is 40.7 Å². The SMILES string of the molecule is CCn1c(=O)c(-c2ccc(C3CC3)cc2F)cc2cnc(Nc3ccc(N4CCNCC4)c(F)c3)nc21. The zero-order valence-electron chi connectivity index (χ0n) is 20.6. The number of nitrogens with zero attached hydrogens (tertiary/aromatic N) is 4. The summed E-state index contributed by atoms with van der Waals surface area (Å²) in [6.07, 6.45) is 3.76. The first-order valence-electron chi connectivity index (χ1n) is 12.7. The van der Waals surface area contributed by atoms with Gasteiger partial charge in [0, 0.05) is 55.6 Å². The number of halogens is 2. The van der Waals surface area contributed by atoms with E-state index in [2.05, 4.69) is 20.6 Å². The molecular formula is C28H28F2N6O. The molecule has 0 spiro atoms. The first-order chi connectivity index (χ1) is 18.0. The van der Waals surface area contributed by atoms with Gasteiger partial charge in [-0.3, -0.25) is 9.36 Å². The Morgan fingerprint density at radius 2 is 1.84 bits per heavy atom. The van der Waals surface area contributed by atoms with Gasteiger partial charge in [0.25, 0.3) is 5.56 Å². The molecule has 6 rings (SSSR count). The Balaban J connectivity index is 1.32. The molecule has 2 aliphatic rings. The van der Waals surface area contributed by atoms with Gasteiger partial charge in [-0.2, -0.15) is 4.98 Å². The number of hydrogen-bond donors (Lipinski definition) is 2. The van der Waals surface area contributed by atoms with E-state index in [1.165, 1.54) is 10.6 Å². The van der Waals surface area contributed by atoms with E-state index in [1.807, 2.05) is 17.9 Å². The molecule has 0 atom stereocenters. The second-order valence-electron chi connectivity index (χ2n) is 9.62. The van der Waals surface area contributed by atoms with Crippen LogP contribution >= 0.6 is 0 Å². The third-order valence-corrected chi connectivity index (χ3v) is 7.14. The molecule has 1 saturated carbocycles. The lowest BCUT2D eigenvalue weighted by Crippen LogP contribution is -2.43. The van der Waals surface area contributed by atoms with E-state index in [0.29, 0.717) is 34.9 Å². The molecule has 1 aliphatic carbocycles. The van der Waals surface area contributed by atoms with E-state index in [1.54, 1.807) is 36.5 Å². The first kappa shape index (κ1) is 23.5. The van der Waals surface area contributed by atoms with E-state index < -0.39 is 5.82 Å². The summed E-state index contributed by atoms with van der Waals surface area (Å²) in [5.41, 5.74) is 2.73. The molecule has 1 aliphatic heterocycles. The van der Waals surface area contributed by atoms with E-state index in [0.717, 1.165) is 44.6 Å². The van der Waals surface area contributed by atoms with E-state index >= 15 is 0 Å². The topological polar surface area (TPSA) is 75.1 Å². The van der Waals surface area contributed by atoms with Gasteiger partial charge in [-0.15, -0.1) is 0 Å². The van der Waals surface area contributed by atoms with Gasteiger partial charge >= 0.3 is 0 Å². The zero-order valence-corrected chi connectivity index (χ0v) is 20.6. The monoisotopic (exact) mass is 502 g/mol. The van der Waals surface area contributed by atoms with Crippen LogP contribution in [-0.2, 0) is 6.54 Å². The van der Waals surface area contributed by atoms with Crippen molar-refractivity contribution < 1.29 is 8.78 Å². The summed E-state index contributed by atoms with van der Waals surface area (Å²) in [6, 6.07) is 11.8. The van der Waals surface area contributed by atoms with Crippen LogP contribution < -0.4 is 21.1 Å². The van der Waals surface area contributed by atoms with Gasteiger partial charge in [-0.25, -0.2) is 13.8 Å². The summed E-state index contributed by atoms with van der Waals surface area (Å²) in [4.78, 5) is 24.3. The van der Waals surface area contributed by atoms with Gasteiger partial charge in [-0.05, 0) is 61.6 Å². The summed E-state index contributed by atoms with van der Waals surface area (Å²) < 4.78 is 31.4. The largest absolute Gasteiger partial charge is 0.367 e. The Labute approximate surface area is 213 Å². The number of fused-ring (bicyclic) bond motifs is 1. The Hall–Kier alpha value is -3.85. The van der Waals surface area contributed by atoms with Gasteiger partial charge in [0.1, 0.15) is 17.3 Å². The van der Waals surface area contributed by atoms with E-state index in [-0.39, 0.29) is 28.5 Å². The normalized spacial score (nSPS) is 15.8. The van der Waals surface area contributed by atoms with Crippen LogP contribution in [0.5, 0.6) is 0 Å². The standard InChI is InChI=1S/C28H28F2N6O/c1-2-36-26-19(13-22(27(36)37)21-7-5-18(14-23(21)29)17-3-4-17)16-32-28(34-26)33-20-6-8-25(24(30)15-20)35-11-9-31-10-12-35/h5-8,13-17,31H,2-4,9-12H2,1H3,(H,32,33,34). The Kier molecular flexibility index (Phi) is 6.08. The molecule has 0 amide bonds. The number of hydrogen-bond acceptors (Lipinski definition) is 6. The van der Waals surface area contributed by atoms with Crippen LogP contribution in [0.25, 0.3) is 22.2 Å². The summed E-state index contributed by atoms with van der Waals surface area (Å²) in [5.74, 6) is -0.0406. The van der Waals surface area contributed by atoms with Gasteiger partial charge in [-0.1, -0.05) is 12.1 Å². The molecule has 1 saturated heterocycles. The maximum atomic E-state index is 15.0. The predicted molar refractivity (Wildman–Crippen MR) is 142 cm³/mol. The highest BCUT2D eigenvalue weighted by atomic mass is 19.1. The van der Waals surface area contributed by atoms with Crippen LogP contribution in [0.15, 0.2) is 53.5 Å². The van der Waals surface area contributed by atoms with Crippen LogP contribution in [0.1, 0.15) is 31.2 Å². The molecule has 9 heteroatoms. The summed E-state index contributed by atoms with van der Waals surface area (Å²) in [6.45, 7) is 5.35. The smallest absolute Gasteiger partial charge is 0.260 e. The van der Waals surface area contributed by atoms with E-state index in [9.17, 15) is 13.6 Å². The van der Waals surface area contributed by atoms with Crippen molar-refractivity contribution in [3.05, 3.63) is 76.2 Å². The molecule has 190 valence electrons. The number of anilines is 3. The minimum absolute atomic E-state index is 0.246. The molecule has 2 aromatic carbocycles. The highest BCUT2D eigenvalue weighted by molar-refractivity contribution is 5.82. The van der Waals surface area contributed by atoms with Crippen LogP contribution in [0.2, 0.25) is 0 Å². The van der Waals surface area contributed by atoms with Crippen molar-refractivity contribution in [2.24, 2.45) is 0 Å². The molecule has 2 aromatic heterocycles. The second kappa shape index (κ2) is 9.55. The lowest BCUT2D eigenvalue weighted by molar-refractivity contribution is 0.566. The van der Waals surface area contributed by atoms with Crippen molar-refractivity contribution in [3.63, 3.8) is 0 Å². The first-order valence-corrected chi connectivity index (χ1v) is 12.7. The summed E-state index contributed by atoms with van der Waals surface area (Å²) in [5, 5.41) is 6.93. The number of aromatic nitrogens is 3. The molecule has 37 heavy (non-hydrogen) atoms. The Bertz CT molecular complexity index is 1540. The third-order valence-electron chi connectivity index (χ3n) is 7.14. The molecular weight excluding hydrogens is 474 g/mol. The second-order valence-corrected chi connectivity index (χ2v) is 9.62. The maximum absolute atomic E-state index is 15.0. The minimum atomic E-state index is -0.394. The zero-order chi connectivity index (χ0) is 25.5. The average Bonchev–Trinajstić information content (AvgIpc) is 3.75. The van der Waals surface area contributed by atoms with Gasteiger partial charge in [0.05, 0.1) is 11.3 Å². The molecule has 3 heterocycles. The summed E-state index contributed by atoms with van der Waals surface area (Å²) >= 11 is 0. The van der Waals surface area contributed by atoms with Crippen LogP contribution in [0.4, 0.5) is 26.1 Å². The van der Waals surface area contributed by atoms with Crippen molar-refractivity contribution in [2.45, 2.75) is 32.2 Å². The average molecular weight is 503 g/mol. The fourth-order valence-corrected chi connectivity index (χ4v) is 5.00. The molecule has 2 N–H and O–H groups in total. The number of piperazine rings is 1. The summed E-state index contributed by atoms with van der Waals surface area (Å²) in [7, 11) is 0. The Morgan fingerprint density at radius 1 is 1.03 bits per heavy atom. The number of benzene rings is 2. The number of rotatable bonds is 6. The van der Waals surface area contributed by atoms with Gasteiger partial charge in [0.2, 0.25) is 5.95 Å². The molecule has 0 radical (unpaired) electrons.